The predicted octanol–water partition coefficient (Wildman–Crippen LogP) is 4.03. The van der Waals surface area contributed by atoms with Crippen molar-refractivity contribution >= 4 is 11.1 Å². The molecule has 0 saturated carbocycles. The zero-order chi connectivity index (χ0) is 13.9. The van der Waals surface area contributed by atoms with E-state index in [2.05, 4.69) is 11.9 Å². The molecule has 0 N–H and O–H groups in total. The Morgan fingerprint density at radius 1 is 1.15 bits per heavy atom. The highest BCUT2D eigenvalue weighted by molar-refractivity contribution is 5.76. The number of aryl methyl sites for hydroxylation is 1. The van der Waals surface area contributed by atoms with E-state index < -0.39 is 0 Å². The lowest BCUT2D eigenvalue weighted by Crippen LogP contribution is -2.05. The number of para-hydroxylation sites is 2. The fourth-order valence-electron chi connectivity index (χ4n) is 2.47. The average molecular weight is 267 g/mol. The molecule has 1 aromatic carbocycles. The normalized spacial score (nSPS) is 11.2. The number of hydrogen-bond acceptors (Lipinski definition) is 3. The van der Waals surface area contributed by atoms with Gasteiger partial charge in [-0.15, -0.1) is 0 Å². The van der Waals surface area contributed by atoms with E-state index in [9.17, 15) is 4.79 Å². The first kappa shape index (κ1) is 12.9. The Hall–Kier alpha value is -2.16. The Morgan fingerprint density at radius 3 is 2.85 bits per heavy atom. The summed E-state index contributed by atoms with van der Waals surface area (Å²) in [5.41, 5.74) is 3.35. The summed E-state index contributed by atoms with van der Waals surface area (Å²) in [6, 6.07) is 10.9. The van der Waals surface area contributed by atoms with Crippen molar-refractivity contribution in [1.82, 2.24) is 4.98 Å². The molecule has 1 heterocycles. The lowest BCUT2D eigenvalue weighted by atomic mass is 10.0. The molecule has 3 heteroatoms. The van der Waals surface area contributed by atoms with Crippen molar-refractivity contribution in [1.29, 1.82) is 0 Å². The van der Waals surface area contributed by atoms with Gasteiger partial charge in [-0.3, -0.25) is 4.79 Å². The molecule has 0 saturated heterocycles. The van der Waals surface area contributed by atoms with E-state index in [4.69, 9.17) is 4.42 Å². The van der Waals surface area contributed by atoms with Gasteiger partial charge in [-0.2, -0.15) is 0 Å². The predicted molar refractivity (Wildman–Crippen MR) is 80.1 cm³/mol. The van der Waals surface area contributed by atoms with Crippen LogP contribution in [-0.2, 0) is 6.42 Å². The van der Waals surface area contributed by atoms with Gasteiger partial charge in [0.25, 0.3) is 0 Å². The summed E-state index contributed by atoms with van der Waals surface area (Å²) in [6.07, 6.45) is 4.27. The van der Waals surface area contributed by atoms with Gasteiger partial charge < -0.3 is 4.42 Å². The van der Waals surface area contributed by atoms with E-state index in [1.54, 1.807) is 6.07 Å². The molecule has 0 radical (unpaired) electrons. The first-order chi connectivity index (χ1) is 9.78. The van der Waals surface area contributed by atoms with Crippen molar-refractivity contribution in [2.24, 2.45) is 0 Å². The Morgan fingerprint density at radius 2 is 2.00 bits per heavy atom. The molecule has 1 aromatic rings. The van der Waals surface area contributed by atoms with Gasteiger partial charge in [0.15, 0.2) is 16.8 Å². The van der Waals surface area contributed by atoms with E-state index in [0.717, 1.165) is 42.5 Å². The fourth-order valence-corrected chi connectivity index (χ4v) is 2.47. The van der Waals surface area contributed by atoms with Gasteiger partial charge in [-0.25, -0.2) is 4.98 Å². The molecular weight excluding hydrogens is 250 g/mol. The zero-order valence-electron chi connectivity index (χ0n) is 11.6. The molecule has 1 aliphatic carbocycles. The van der Waals surface area contributed by atoms with Crippen LogP contribution in [0.15, 0.2) is 45.6 Å². The van der Waals surface area contributed by atoms with Crippen LogP contribution in [0.4, 0.5) is 0 Å². The van der Waals surface area contributed by atoms with Crippen LogP contribution in [0.25, 0.3) is 22.6 Å². The molecule has 0 amide bonds. The number of unbranched alkanes of at least 4 members (excludes halogenated alkanes) is 2. The summed E-state index contributed by atoms with van der Waals surface area (Å²) in [5.74, 6) is 0.586. The lowest BCUT2D eigenvalue weighted by molar-refractivity contribution is 0.609. The highest BCUT2D eigenvalue weighted by atomic mass is 16.3. The number of benzene rings is 2. The quantitative estimate of drug-likeness (QED) is 0.529. The largest absolute Gasteiger partial charge is 0.453 e. The Bertz CT molecular complexity index is 760. The van der Waals surface area contributed by atoms with Crippen molar-refractivity contribution in [3.63, 3.8) is 0 Å². The van der Waals surface area contributed by atoms with Crippen LogP contribution >= 0.6 is 0 Å². The van der Waals surface area contributed by atoms with Crippen molar-refractivity contribution in [3.8, 4) is 11.5 Å². The van der Waals surface area contributed by atoms with E-state index in [1.807, 2.05) is 24.3 Å². The second-order valence-corrected chi connectivity index (χ2v) is 5.07. The third-order valence-electron chi connectivity index (χ3n) is 3.49. The van der Waals surface area contributed by atoms with Gasteiger partial charge in [0, 0.05) is 6.07 Å². The van der Waals surface area contributed by atoms with Crippen LogP contribution in [0.2, 0.25) is 0 Å². The minimum absolute atomic E-state index is 0.00942. The van der Waals surface area contributed by atoms with E-state index in [0.29, 0.717) is 11.3 Å². The molecule has 3 rings (SSSR count). The molecule has 0 fully saturated rings. The number of rotatable bonds is 4. The van der Waals surface area contributed by atoms with E-state index in [-0.39, 0.29) is 5.43 Å². The molecule has 2 aliphatic rings. The van der Waals surface area contributed by atoms with Gasteiger partial charge in [0.2, 0.25) is 0 Å². The molecular formula is C17H17NO2. The third kappa shape index (κ3) is 2.44. The van der Waals surface area contributed by atoms with E-state index in [1.165, 1.54) is 6.07 Å². The van der Waals surface area contributed by atoms with Gasteiger partial charge in [-0.05, 0) is 36.6 Å². The van der Waals surface area contributed by atoms with Crippen molar-refractivity contribution in [2.75, 3.05) is 0 Å². The highest BCUT2D eigenvalue weighted by Crippen LogP contribution is 2.27. The molecule has 0 bridgehead atoms. The number of hydrogen-bond donors (Lipinski definition) is 0. The van der Waals surface area contributed by atoms with Crippen molar-refractivity contribution in [3.05, 3.63) is 52.2 Å². The van der Waals surface area contributed by atoms with Crippen LogP contribution in [0, 0.1) is 0 Å². The lowest BCUT2D eigenvalue weighted by Gasteiger charge is -2.10. The van der Waals surface area contributed by atoms with Crippen molar-refractivity contribution < 1.29 is 4.42 Å². The third-order valence-corrected chi connectivity index (χ3v) is 3.49. The zero-order valence-corrected chi connectivity index (χ0v) is 11.6. The van der Waals surface area contributed by atoms with Gasteiger partial charge in [-0.1, -0.05) is 31.9 Å². The van der Waals surface area contributed by atoms with Crippen molar-refractivity contribution in [2.45, 2.75) is 32.6 Å². The van der Waals surface area contributed by atoms with Gasteiger partial charge in [0.05, 0.1) is 0 Å². The minimum Gasteiger partial charge on any atom is -0.453 e. The number of aromatic nitrogens is 1. The average Bonchev–Trinajstić information content (AvgIpc) is 2.45. The van der Waals surface area contributed by atoms with Gasteiger partial charge >= 0.3 is 0 Å². The molecule has 0 spiro atoms. The summed E-state index contributed by atoms with van der Waals surface area (Å²) in [7, 11) is 0. The molecule has 0 atom stereocenters. The monoisotopic (exact) mass is 267 g/mol. The summed E-state index contributed by atoms with van der Waals surface area (Å²) in [5, 5.41) is 0. The SMILES string of the molecule is CCCCCc1cc(=O)cc2oc3ccccc3nc1-2. The molecule has 1 aliphatic heterocycles. The van der Waals surface area contributed by atoms with Crippen LogP contribution in [-0.4, -0.2) is 4.98 Å². The second kappa shape index (κ2) is 5.45. The maximum Gasteiger partial charge on any atom is 0.182 e. The van der Waals surface area contributed by atoms with Crippen LogP contribution in [0.3, 0.4) is 0 Å². The second-order valence-electron chi connectivity index (χ2n) is 5.07. The Kier molecular flexibility index (Phi) is 3.50. The van der Waals surface area contributed by atoms with E-state index >= 15 is 0 Å². The molecule has 0 aromatic heterocycles. The smallest absolute Gasteiger partial charge is 0.182 e. The summed E-state index contributed by atoms with van der Waals surface area (Å²) >= 11 is 0. The van der Waals surface area contributed by atoms with Gasteiger partial charge in [0.1, 0.15) is 11.2 Å². The standard InChI is InChI=1S/C17H17NO2/c1-2-3-4-7-12-10-13(19)11-16-17(12)18-14-8-5-6-9-15(14)20-16/h5-6,8-11H,2-4,7H2,1H3. The maximum atomic E-state index is 11.8. The Balaban J connectivity index is 2.14. The van der Waals surface area contributed by atoms with Crippen LogP contribution in [0.1, 0.15) is 31.7 Å². The molecule has 20 heavy (non-hydrogen) atoms. The van der Waals surface area contributed by atoms with Crippen LogP contribution < -0.4 is 5.43 Å². The minimum atomic E-state index is -0.00942. The molecule has 0 unspecified atom stereocenters. The number of fused-ring (bicyclic) bond motifs is 2. The first-order valence-electron chi connectivity index (χ1n) is 7.10. The highest BCUT2D eigenvalue weighted by Gasteiger charge is 2.14. The summed E-state index contributed by atoms with van der Waals surface area (Å²) < 4.78 is 5.81. The summed E-state index contributed by atoms with van der Waals surface area (Å²) in [6.45, 7) is 2.17. The Labute approximate surface area is 117 Å². The van der Waals surface area contributed by atoms with Crippen LogP contribution in [0.5, 0.6) is 0 Å². The summed E-state index contributed by atoms with van der Waals surface area (Å²) in [4.78, 5) is 16.5. The molecule has 102 valence electrons. The topological polar surface area (TPSA) is 43.1 Å². The fraction of sp³-hybridized carbons (Fsp3) is 0.294. The molecule has 3 nitrogen and oxygen atoms in total. The number of nitrogens with zero attached hydrogens (tertiary/aromatic N) is 1. The maximum absolute atomic E-state index is 11.8. The first-order valence-corrected chi connectivity index (χ1v) is 7.10.